The number of halogens is 2. The lowest BCUT2D eigenvalue weighted by atomic mass is 10.0. The van der Waals surface area contributed by atoms with Crippen LogP contribution in [0, 0.1) is 0 Å². The van der Waals surface area contributed by atoms with E-state index < -0.39 is 12.5 Å². The van der Waals surface area contributed by atoms with Crippen LogP contribution >= 0.6 is 0 Å². The maximum Gasteiger partial charge on any atom is 0.268 e. The number of aliphatic hydroxyl groups excluding tert-OH is 1. The SMILES string of the molecule is Cn1cc(-c2cnc3ccc4ccc([C@@H](O)C(F)F)cc4c(=O)c3c2)cn1. The Labute approximate surface area is 152 Å². The molecule has 0 amide bonds. The normalized spacial score (nSPS) is 12.8. The molecule has 1 N–H and O–H groups in total. The summed E-state index contributed by atoms with van der Waals surface area (Å²) in [6.45, 7) is 0. The fraction of sp³-hybridized carbons (Fsp3) is 0.150. The standard InChI is InChI=1S/C20H15F2N3O2/c1-25-10-14(9-24-25)13-7-16-17(23-8-13)5-4-11-2-3-12(18(26)20(21)22)6-15(11)19(16)27/h2-10,18,20,26H,1H3/t18-/m1/s1. The van der Waals surface area contributed by atoms with E-state index in [1.165, 1.54) is 12.1 Å². The molecular weight excluding hydrogens is 352 g/mol. The second kappa shape index (κ2) is 6.51. The Balaban J connectivity index is 1.99. The Bertz CT molecular complexity index is 1220. The van der Waals surface area contributed by atoms with Gasteiger partial charge >= 0.3 is 0 Å². The molecule has 0 saturated heterocycles. The first-order valence-electron chi connectivity index (χ1n) is 8.26. The van der Waals surface area contributed by atoms with Gasteiger partial charge in [0.1, 0.15) is 6.10 Å². The summed E-state index contributed by atoms with van der Waals surface area (Å²) in [5.41, 5.74) is 1.73. The average molecular weight is 367 g/mol. The number of rotatable bonds is 3. The van der Waals surface area contributed by atoms with E-state index in [1.807, 2.05) is 6.20 Å². The van der Waals surface area contributed by atoms with Crippen molar-refractivity contribution in [2.24, 2.45) is 7.05 Å². The Hall–Kier alpha value is -3.19. The first-order chi connectivity index (χ1) is 12.9. The molecule has 4 rings (SSSR count). The number of aryl methyl sites for hydroxylation is 1. The number of pyridine rings is 1. The summed E-state index contributed by atoms with van der Waals surface area (Å²) < 4.78 is 27.3. The molecule has 0 unspecified atom stereocenters. The minimum Gasteiger partial charge on any atom is -0.382 e. The number of alkyl halides is 2. The van der Waals surface area contributed by atoms with Crippen LogP contribution < -0.4 is 5.43 Å². The van der Waals surface area contributed by atoms with E-state index in [4.69, 9.17) is 0 Å². The van der Waals surface area contributed by atoms with E-state index in [0.717, 1.165) is 11.1 Å². The zero-order chi connectivity index (χ0) is 19.1. The molecule has 0 aliphatic heterocycles. The fourth-order valence-electron chi connectivity index (χ4n) is 3.08. The van der Waals surface area contributed by atoms with Gasteiger partial charge in [-0.15, -0.1) is 0 Å². The lowest BCUT2D eigenvalue weighted by molar-refractivity contribution is -0.00570. The van der Waals surface area contributed by atoms with Crippen LogP contribution in [0.5, 0.6) is 0 Å². The van der Waals surface area contributed by atoms with Crippen LogP contribution in [0.2, 0.25) is 0 Å². The van der Waals surface area contributed by atoms with E-state index >= 15 is 0 Å². The summed E-state index contributed by atoms with van der Waals surface area (Å²) in [6.07, 6.45) is 0.284. The van der Waals surface area contributed by atoms with Crippen LogP contribution in [0.4, 0.5) is 8.78 Å². The summed E-state index contributed by atoms with van der Waals surface area (Å²) in [4.78, 5) is 17.5. The third kappa shape index (κ3) is 3.06. The van der Waals surface area contributed by atoms with Crippen LogP contribution in [0.1, 0.15) is 11.7 Å². The molecule has 2 heterocycles. The van der Waals surface area contributed by atoms with Crippen LogP contribution in [0.3, 0.4) is 0 Å². The van der Waals surface area contributed by atoms with Crippen molar-refractivity contribution < 1.29 is 13.9 Å². The smallest absolute Gasteiger partial charge is 0.268 e. The molecule has 0 radical (unpaired) electrons. The Kier molecular flexibility index (Phi) is 4.16. The molecule has 0 bridgehead atoms. The van der Waals surface area contributed by atoms with E-state index in [1.54, 1.807) is 48.4 Å². The minimum absolute atomic E-state index is 0.00493. The summed E-state index contributed by atoms with van der Waals surface area (Å²) in [6, 6.07) is 9.43. The number of aliphatic hydroxyl groups is 1. The molecule has 2 aromatic heterocycles. The Morgan fingerprint density at radius 1 is 1.04 bits per heavy atom. The zero-order valence-electron chi connectivity index (χ0n) is 14.3. The number of benzene rings is 1. The molecule has 4 aromatic rings. The van der Waals surface area contributed by atoms with Gasteiger partial charge in [-0.3, -0.25) is 14.5 Å². The summed E-state index contributed by atoms with van der Waals surface area (Å²) in [5, 5.41) is 15.0. The molecule has 0 aliphatic carbocycles. The first-order valence-corrected chi connectivity index (χ1v) is 8.26. The van der Waals surface area contributed by atoms with Gasteiger partial charge in [-0.1, -0.05) is 18.2 Å². The number of aromatic nitrogens is 3. The number of fused-ring (bicyclic) bond motifs is 2. The van der Waals surface area contributed by atoms with Crippen LogP contribution in [0.15, 0.2) is 59.8 Å². The fourth-order valence-corrected chi connectivity index (χ4v) is 3.08. The maximum atomic E-state index is 13.1. The van der Waals surface area contributed by atoms with Crippen molar-refractivity contribution in [3.63, 3.8) is 0 Å². The van der Waals surface area contributed by atoms with E-state index in [-0.39, 0.29) is 16.4 Å². The van der Waals surface area contributed by atoms with Gasteiger partial charge in [0.2, 0.25) is 0 Å². The van der Waals surface area contributed by atoms with Gasteiger partial charge in [0, 0.05) is 41.3 Å². The molecule has 0 aliphatic rings. The van der Waals surface area contributed by atoms with Gasteiger partial charge < -0.3 is 5.11 Å². The quantitative estimate of drug-likeness (QED) is 0.602. The van der Waals surface area contributed by atoms with Crippen LogP contribution in [-0.4, -0.2) is 26.3 Å². The molecule has 0 spiro atoms. The lowest BCUT2D eigenvalue weighted by Gasteiger charge is -2.09. The monoisotopic (exact) mass is 367 g/mol. The van der Waals surface area contributed by atoms with Crippen molar-refractivity contribution in [2.45, 2.75) is 12.5 Å². The van der Waals surface area contributed by atoms with Crippen LogP contribution in [-0.2, 0) is 7.05 Å². The molecule has 136 valence electrons. The van der Waals surface area contributed by atoms with Crippen molar-refractivity contribution in [1.82, 2.24) is 14.8 Å². The van der Waals surface area contributed by atoms with E-state index in [9.17, 15) is 18.7 Å². The summed E-state index contributed by atoms with van der Waals surface area (Å²) in [7, 11) is 1.79. The van der Waals surface area contributed by atoms with Gasteiger partial charge in [0.15, 0.2) is 5.43 Å². The van der Waals surface area contributed by atoms with E-state index in [2.05, 4.69) is 10.1 Å². The van der Waals surface area contributed by atoms with Crippen molar-refractivity contribution in [3.8, 4) is 11.1 Å². The Morgan fingerprint density at radius 2 is 1.81 bits per heavy atom. The van der Waals surface area contributed by atoms with Crippen LogP contribution in [0.25, 0.3) is 32.8 Å². The highest BCUT2D eigenvalue weighted by Gasteiger charge is 2.19. The average Bonchev–Trinajstić information content (AvgIpc) is 3.05. The molecule has 27 heavy (non-hydrogen) atoms. The second-order valence-corrected chi connectivity index (χ2v) is 6.35. The number of hydrogen-bond donors (Lipinski definition) is 1. The van der Waals surface area contributed by atoms with Gasteiger partial charge in [0.05, 0.1) is 11.7 Å². The molecule has 1 atom stereocenters. The topological polar surface area (TPSA) is 68.0 Å². The highest BCUT2D eigenvalue weighted by Crippen LogP contribution is 2.25. The second-order valence-electron chi connectivity index (χ2n) is 6.35. The molecule has 0 saturated carbocycles. The largest absolute Gasteiger partial charge is 0.382 e. The summed E-state index contributed by atoms with van der Waals surface area (Å²) in [5.74, 6) is 0. The highest BCUT2D eigenvalue weighted by molar-refractivity contribution is 5.93. The molecule has 0 fully saturated rings. The van der Waals surface area contributed by atoms with E-state index in [0.29, 0.717) is 16.3 Å². The molecule has 2 aromatic carbocycles. The van der Waals surface area contributed by atoms with Crippen molar-refractivity contribution in [1.29, 1.82) is 0 Å². The zero-order valence-corrected chi connectivity index (χ0v) is 14.3. The minimum atomic E-state index is -2.93. The summed E-state index contributed by atoms with van der Waals surface area (Å²) >= 11 is 0. The van der Waals surface area contributed by atoms with Gasteiger partial charge in [-0.2, -0.15) is 5.10 Å². The van der Waals surface area contributed by atoms with Crippen molar-refractivity contribution >= 4 is 21.7 Å². The van der Waals surface area contributed by atoms with Crippen molar-refractivity contribution in [3.05, 3.63) is 70.8 Å². The van der Waals surface area contributed by atoms with Gasteiger partial charge in [0.25, 0.3) is 6.43 Å². The number of nitrogens with zero attached hydrogens (tertiary/aromatic N) is 3. The predicted octanol–water partition coefficient (Wildman–Crippen LogP) is 3.45. The lowest BCUT2D eigenvalue weighted by Crippen LogP contribution is -2.08. The highest BCUT2D eigenvalue weighted by atomic mass is 19.3. The number of hydrogen-bond acceptors (Lipinski definition) is 4. The predicted molar refractivity (Wildman–Crippen MR) is 98.7 cm³/mol. The third-order valence-corrected chi connectivity index (χ3v) is 4.52. The van der Waals surface area contributed by atoms with Gasteiger partial charge in [-0.05, 0) is 29.1 Å². The molecular formula is C20H15F2N3O2. The van der Waals surface area contributed by atoms with Gasteiger partial charge in [-0.25, -0.2) is 8.78 Å². The Morgan fingerprint density at radius 3 is 2.52 bits per heavy atom. The molecule has 5 nitrogen and oxygen atoms in total. The first kappa shape index (κ1) is 17.2. The third-order valence-electron chi connectivity index (χ3n) is 4.52. The maximum absolute atomic E-state index is 13.1. The molecule has 7 heteroatoms. The van der Waals surface area contributed by atoms with Crippen molar-refractivity contribution in [2.75, 3.05) is 0 Å².